The highest BCUT2D eigenvalue weighted by Crippen LogP contribution is 2.32. The lowest BCUT2D eigenvalue weighted by Gasteiger charge is -2.37. The first-order chi connectivity index (χ1) is 14.7. The van der Waals surface area contributed by atoms with Gasteiger partial charge in [-0.25, -0.2) is 13.4 Å². The van der Waals surface area contributed by atoms with Gasteiger partial charge in [-0.15, -0.1) is 0 Å². The van der Waals surface area contributed by atoms with E-state index in [4.69, 9.17) is 9.40 Å². The molecule has 2 atom stereocenters. The standard InChI is InChI=1S/C23H31N3O4S/c1-16(23(27)25(3)20-11-14-31(28,29)15-20)26-12-9-19(10-13-26)22-24-21(17(2)30-22)18-7-5-4-6-8-18/h4-8,16,19-20H,9-15H2,1-3H3/t16-,20-/m0/s1. The lowest BCUT2D eigenvalue weighted by molar-refractivity contribution is -0.137. The van der Waals surface area contributed by atoms with E-state index in [9.17, 15) is 13.2 Å². The number of carbonyl (C=O) groups is 1. The third kappa shape index (κ3) is 4.70. The molecule has 0 radical (unpaired) electrons. The number of oxazole rings is 1. The fourth-order valence-electron chi connectivity index (χ4n) is 4.70. The summed E-state index contributed by atoms with van der Waals surface area (Å²) in [6.45, 7) is 5.45. The van der Waals surface area contributed by atoms with Crippen molar-refractivity contribution in [3.05, 3.63) is 42.0 Å². The van der Waals surface area contributed by atoms with Crippen LogP contribution in [0.1, 0.15) is 43.8 Å². The molecule has 0 bridgehead atoms. The number of nitrogens with zero attached hydrogens (tertiary/aromatic N) is 3. The van der Waals surface area contributed by atoms with E-state index in [1.807, 2.05) is 44.2 Å². The summed E-state index contributed by atoms with van der Waals surface area (Å²) in [5.41, 5.74) is 1.96. The van der Waals surface area contributed by atoms with Crippen LogP contribution in [-0.2, 0) is 14.6 Å². The second-order valence-electron chi connectivity index (χ2n) is 8.82. The number of aromatic nitrogens is 1. The zero-order chi connectivity index (χ0) is 22.2. The van der Waals surface area contributed by atoms with Crippen molar-refractivity contribution in [2.24, 2.45) is 0 Å². The molecule has 1 aromatic carbocycles. The van der Waals surface area contributed by atoms with Crippen LogP contribution in [0.5, 0.6) is 0 Å². The molecular weight excluding hydrogens is 414 g/mol. The van der Waals surface area contributed by atoms with Gasteiger partial charge in [-0.3, -0.25) is 9.69 Å². The number of benzene rings is 1. The number of sulfone groups is 1. The average Bonchev–Trinajstić information content (AvgIpc) is 3.35. The second kappa shape index (κ2) is 8.74. The molecule has 2 fully saturated rings. The Morgan fingerprint density at radius 1 is 1.19 bits per heavy atom. The molecular formula is C23H31N3O4S. The zero-order valence-corrected chi connectivity index (χ0v) is 19.3. The molecule has 3 heterocycles. The van der Waals surface area contributed by atoms with Crippen LogP contribution in [0, 0.1) is 6.92 Å². The number of carbonyl (C=O) groups excluding carboxylic acids is 1. The number of amides is 1. The molecule has 168 valence electrons. The maximum Gasteiger partial charge on any atom is 0.239 e. The van der Waals surface area contributed by atoms with Crippen LogP contribution in [-0.4, -0.2) is 72.8 Å². The monoisotopic (exact) mass is 445 g/mol. The number of rotatable bonds is 5. The van der Waals surface area contributed by atoms with Crippen molar-refractivity contribution in [1.82, 2.24) is 14.8 Å². The number of likely N-dealkylation sites (tertiary alicyclic amines) is 1. The summed E-state index contributed by atoms with van der Waals surface area (Å²) < 4.78 is 29.5. The first-order valence-electron chi connectivity index (χ1n) is 11.0. The van der Waals surface area contributed by atoms with Crippen molar-refractivity contribution in [2.75, 3.05) is 31.6 Å². The van der Waals surface area contributed by atoms with Gasteiger partial charge in [-0.1, -0.05) is 30.3 Å². The minimum Gasteiger partial charge on any atom is -0.445 e. The molecule has 2 aliphatic rings. The van der Waals surface area contributed by atoms with Crippen LogP contribution < -0.4 is 0 Å². The van der Waals surface area contributed by atoms with E-state index < -0.39 is 9.84 Å². The topological polar surface area (TPSA) is 83.7 Å². The van der Waals surface area contributed by atoms with E-state index >= 15 is 0 Å². The van der Waals surface area contributed by atoms with E-state index in [1.54, 1.807) is 11.9 Å². The summed E-state index contributed by atoms with van der Waals surface area (Å²) in [7, 11) is -1.28. The molecule has 0 spiro atoms. The minimum absolute atomic E-state index is 0.00104. The Kier molecular flexibility index (Phi) is 6.21. The van der Waals surface area contributed by atoms with Gasteiger partial charge in [-0.2, -0.15) is 0 Å². The molecule has 7 nitrogen and oxygen atoms in total. The van der Waals surface area contributed by atoms with Crippen LogP contribution in [0.25, 0.3) is 11.3 Å². The normalized spacial score (nSPS) is 23.0. The van der Waals surface area contributed by atoms with Gasteiger partial charge in [0.25, 0.3) is 0 Å². The molecule has 0 N–H and O–H groups in total. The Labute approximate surface area is 184 Å². The highest BCUT2D eigenvalue weighted by atomic mass is 32.2. The third-order valence-electron chi connectivity index (χ3n) is 6.75. The quantitative estimate of drug-likeness (QED) is 0.704. The van der Waals surface area contributed by atoms with Gasteiger partial charge in [0.15, 0.2) is 15.7 Å². The van der Waals surface area contributed by atoms with E-state index in [0.717, 1.165) is 48.8 Å². The van der Waals surface area contributed by atoms with Crippen molar-refractivity contribution in [1.29, 1.82) is 0 Å². The van der Waals surface area contributed by atoms with Crippen LogP contribution >= 0.6 is 0 Å². The van der Waals surface area contributed by atoms with E-state index in [1.165, 1.54) is 0 Å². The first kappa shape index (κ1) is 22.0. The highest BCUT2D eigenvalue weighted by Gasteiger charge is 2.36. The number of hydrogen-bond acceptors (Lipinski definition) is 6. The predicted molar refractivity (Wildman–Crippen MR) is 120 cm³/mol. The molecule has 8 heteroatoms. The molecule has 1 amide bonds. The fraction of sp³-hybridized carbons (Fsp3) is 0.565. The Balaban J connectivity index is 1.36. The van der Waals surface area contributed by atoms with Gasteiger partial charge >= 0.3 is 0 Å². The largest absolute Gasteiger partial charge is 0.445 e. The van der Waals surface area contributed by atoms with E-state index in [-0.39, 0.29) is 35.4 Å². The number of piperidine rings is 1. The fourth-order valence-corrected chi connectivity index (χ4v) is 6.48. The molecule has 0 saturated carbocycles. The second-order valence-corrected chi connectivity index (χ2v) is 11.0. The summed E-state index contributed by atoms with van der Waals surface area (Å²) in [5, 5.41) is 0. The van der Waals surface area contributed by atoms with Crippen molar-refractivity contribution < 1.29 is 17.6 Å². The van der Waals surface area contributed by atoms with Crippen LogP contribution in [0.4, 0.5) is 0 Å². The number of likely N-dealkylation sites (N-methyl/N-ethyl adjacent to an activating group) is 1. The average molecular weight is 446 g/mol. The molecule has 4 rings (SSSR count). The third-order valence-corrected chi connectivity index (χ3v) is 8.50. The molecule has 1 aromatic heterocycles. The van der Waals surface area contributed by atoms with Gasteiger partial charge in [0.1, 0.15) is 11.5 Å². The van der Waals surface area contributed by atoms with Crippen molar-refractivity contribution >= 4 is 15.7 Å². The smallest absolute Gasteiger partial charge is 0.239 e. The Morgan fingerprint density at radius 3 is 2.48 bits per heavy atom. The Hall–Kier alpha value is -2.19. The van der Waals surface area contributed by atoms with Crippen molar-refractivity contribution in [3.63, 3.8) is 0 Å². The first-order valence-corrected chi connectivity index (χ1v) is 12.8. The van der Waals surface area contributed by atoms with Gasteiger partial charge in [0.2, 0.25) is 5.91 Å². The Bertz CT molecular complexity index is 1030. The van der Waals surface area contributed by atoms with Crippen LogP contribution in [0.15, 0.2) is 34.7 Å². The zero-order valence-electron chi connectivity index (χ0n) is 18.5. The van der Waals surface area contributed by atoms with Crippen LogP contribution in [0.3, 0.4) is 0 Å². The van der Waals surface area contributed by atoms with Gasteiger partial charge < -0.3 is 9.32 Å². The molecule has 2 aromatic rings. The Morgan fingerprint density at radius 2 is 1.87 bits per heavy atom. The number of aryl methyl sites for hydroxylation is 1. The molecule has 31 heavy (non-hydrogen) atoms. The molecule has 0 unspecified atom stereocenters. The lowest BCUT2D eigenvalue weighted by atomic mass is 9.95. The van der Waals surface area contributed by atoms with Gasteiger partial charge in [0, 0.05) is 24.6 Å². The van der Waals surface area contributed by atoms with Crippen LogP contribution in [0.2, 0.25) is 0 Å². The lowest BCUT2D eigenvalue weighted by Crippen LogP contribution is -2.51. The molecule has 0 aliphatic carbocycles. The summed E-state index contributed by atoms with van der Waals surface area (Å²) in [6.07, 6.45) is 2.30. The minimum atomic E-state index is -3.01. The summed E-state index contributed by atoms with van der Waals surface area (Å²) in [4.78, 5) is 21.6. The van der Waals surface area contributed by atoms with Crippen molar-refractivity contribution in [2.45, 2.75) is 51.1 Å². The summed E-state index contributed by atoms with van der Waals surface area (Å²) in [5.74, 6) is 2.11. The van der Waals surface area contributed by atoms with Gasteiger partial charge in [0.05, 0.1) is 17.5 Å². The predicted octanol–water partition coefficient (Wildman–Crippen LogP) is 2.86. The maximum absolute atomic E-state index is 13.0. The SMILES string of the molecule is Cc1oc(C2CCN([C@@H](C)C(=O)N(C)[C@H]3CCS(=O)(=O)C3)CC2)nc1-c1ccccc1. The summed E-state index contributed by atoms with van der Waals surface area (Å²) in [6, 6.07) is 9.59. The summed E-state index contributed by atoms with van der Waals surface area (Å²) >= 11 is 0. The van der Waals surface area contributed by atoms with E-state index in [0.29, 0.717) is 6.42 Å². The number of hydrogen-bond donors (Lipinski definition) is 0. The molecule has 2 aliphatic heterocycles. The van der Waals surface area contributed by atoms with Gasteiger partial charge in [-0.05, 0) is 46.2 Å². The van der Waals surface area contributed by atoms with E-state index in [2.05, 4.69) is 4.90 Å². The highest BCUT2D eigenvalue weighted by molar-refractivity contribution is 7.91. The van der Waals surface area contributed by atoms with Crippen molar-refractivity contribution in [3.8, 4) is 11.3 Å². The molecule has 2 saturated heterocycles. The maximum atomic E-state index is 13.0.